The van der Waals surface area contributed by atoms with Crippen LogP contribution < -0.4 is 11.1 Å². The van der Waals surface area contributed by atoms with Gasteiger partial charge in [0, 0.05) is 24.8 Å². The highest BCUT2D eigenvalue weighted by Gasteiger charge is 2.35. The first-order valence-corrected chi connectivity index (χ1v) is 6.80. The number of hydrogen-bond acceptors (Lipinski definition) is 3. The summed E-state index contributed by atoms with van der Waals surface area (Å²) < 4.78 is 0. The summed E-state index contributed by atoms with van der Waals surface area (Å²) in [6.07, 6.45) is 2.21. The molecule has 3 heteroatoms. The molecule has 1 aromatic carbocycles. The highest BCUT2D eigenvalue weighted by Crippen LogP contribution is 2.29. The first-order valence-electron chi connectivity index (χ1n) is 6.80. The molecule has 1 heterocycles. The van der Waals surface area contributed by atoms with E-state index < -0.39 is 0 Å². The number of nitrogens with zero attached hydrogens (tertiary/aromatic N) is 1. The molecule has 3 nitrogen and oxygen atoms in total. The van der Waals surface area contributed by atoms with Crippen molar-refractivity contribution in [1.29, 1.82) is 0 Å². The van der Waals surface area contributed by atoms with Crippen molar-refractivity contribution < 1.29 is 0 Å². The molecule has 1 saturated heterocycles. The highest BCUT2D eigenvalue weighted by atomic mass is 15.2. The fraction of sp³-hybridized carbons (Fsp3) is 0.600. The van der Waals surface area contributed by atoms with Gasteiger partial charge in [0.25, 0.3) is 0 Å². The summed E-state index contributed by atoms with van der Waals surface area (Å²) in [6.45, 7) is 6.19. The molecule has 0 aromatic heterocycles. The lowest BCUT2D eigenvalue weighted by Crippen LogP contribution is -2.55. The fourth-order valence-corrected chi connectivity index (χ4v) is 2.73. The molecule has 1 fully saturated rings. The molecule has 1 aliphatic heterocycles. The summed E-state index contributed by atoms with van der Waals surface area (Å²) >= 11 is 0. The Kier molecular flexibility index (Phi) is 3.93. The smallest absolute Gasteiger partial charge is 0.0522 e. The van der Waals surface area contributed by atoms with Gasteiger partial charge < -0.3 is 16.0 Å². The second-order valence-electron chi connectivity index (χ2n) is 5.76. The Bertz CT molecular complexity index is 387. The normalized spacial score (nSPS) is 29.2. The lowest BCUT2D eigenvalue weighted by atomic mass is 9.83. The van der Waals surface area contributed by atoms with Crippen LogP contribution in [0.15, 0.2) is 24.3 Å². The average molecular weight is 247 g/mol. The Morgan fingerprint density at radius 2 is 2.06 bits per heavy atom. The minimum Gasteiger partial charge on any atom is -0.378 e. The quantitative estimate of drug-likeness (QED) is 0.860. The zero-order valence-corrected chi connectivity index (χ0v) is 11.7. The molecule has 1 aromatic rings. The number of likely N-dealkylation sites (tertiary alicyclic amines) is 1. The molecule has 0 amide bonds. The molecule has 3 N–H and O–H groups in total. The van der Waals surface area contributed by atoms with Gasteiger partial charge in [-0.2, -0.15) is 0 Å². The lowest BCUT2D eigenvalue weighted by Gasteiger charge is -2.45. The third-order valence-electron chi connectivity index (χ3n) is 4.23. The Labute approximate surface area is 110 Å². The Morgan fingerprint density at radius 3 is 2.61 bits per heavy atom. The van der Waals surface area contributed by atoms with E-state index in [0.717, 1.165) is 19.4 Å². The van der Waals surface area contributed by atoms with E-state index in [1.807, 2.05) is 0 Å². The zero-order chi connectivity index (χ0) is 13.2. The first-order chi connectivity index (χ1) is 8.54. The van der Waals surface area contributed by atoms with Crippen LogP contribution >= 0.6 is 0 Å². The standard InChI is InChI=1S/C15H25N3/c1-12-4-6-14(7-5-12)17-15(11-16)8-9-18(3)13(2)10-15/h4-7,13,17H,8-11,16H2,1-3H3. The van der Waals surface area contributed by atoms with Crippen LogP contribution in [-0.4, -0.2) is 36.6 Å². The molecular weight excluding hydrogens is 222 g/mol. The minimum absolute atomic E-state index is 0.0567. The monoisotopic (exact) mass is 247 g/mol. The number of nitrogens with one attached hydrogen (secondary N) is 1. The van der Waals surface area contributed by atoms with Crippen LogP contribution in [0.1, 0.15) is 25.3 Å². The molecule has 0 aliphatic carbocycles. The number of nitrogens with two attached hydrogens (primary N) is 1. The molecule has 100 valence electrons. The van der Waals surface area contributed by atoms with E-state index in [1.165, 1.54) is 11.3 Å². The van der Waals surface area contributed by atoms with Crippen molar-refractivity contribution in [2.24, 2.45) is 5.73 Å². The SMILES string of the molecule is Cc1ccc(NC2(CN)CCN(C)C(C)C2)cc1. The third-order valence-corrected chi connectivity index (χ3v) is 4.23. The van der Waals surface area contributed by atoms with E-state index in [2.05, 4.69) is 55.4 Å². The Hall–Kier alpha value is -1.06. The summed E-state index contributed by atoms with van der Waals surface area (Å²) in [5.41, 5.74) is 8.57. The van der Waals surface area contributed by atoms with E-state index in [-0.39, 0.29) is 5.54 Å². The molecular formula is C15H25N3. The van der Waals surface area contributed by atoms with E-state index in [1.54, 1.807) is 0 Å². The average Bonchev–Trinajstić information content (AvgIpc) is 2.37. The Morgan fingerprint density at radius 1 is 1.39 bits per heavy atom. The van der Waals surface area contributed by atoms with Gasteiger partial charge in [-0.3, -0.25) is 0 Å². The summed E-state index contributed by atoms with van der Waals surface area (Å²) in [5, 5.41) is 3.67. The molecule has 2 rings (SSSR count). The summed E-state index contributed by atoms with van der Waals surface area (Å²) in [5.74, 6) is 0. The molecule has 0 spiro atoms. The van der Waals surface area contributed by atoms with Gasteiger partial charge in [-0.05, 0) is 45.9 Å². The largest absolute Gasteiger partial charge is 0.378 e. The van der Waals surface area contributed by atoms with Gasteiger partial charge >= 0.3 is 0 Å². The number of benzene rings is 1. The molecule has 2 atom stereocenters. The predicted molar refractivity (Wildman–Crippen MR) is 77.9 cm³/mol. The minimum atomic E-state index is 0.0567. The summed E-state index contributed by atoms with van der Waals surface area (Å²) in [7, 11) is 2.19. The molecule has 2 unspecified atom stereocenters. The number of piperidine rings is 1. The molecule has 18 heavy (non-hydrogen) atoms. The molecule has 0 saturated carbocycles. The zero-order valence-electron chi connectivity index (χ0n) is 11.7. The van der Waals surface area contributed by atoms with Crippen LogP contribution in [-0.2, 0) is 0 Å². The Balaban J connectivity index is 2.11. The van der Waals surface area contributed by atoms with Crippen LogP contribution in [0.5, 0.6) is 0 Å². The number of aryl methyl sites for hydroxylation is 1. The topological polar surface area (TPSA) is 41.3 Å². The maximum atomic E-state index is 6.04. The second kappa shape index (κ2) is 5.29. The van der Waals surface area contributed by atoms with E-state index in [4.69, 9.17) is 5.73 Å². The number of hydrogen-bond donors (Lipinski definition) is 2. The third kappa shape index (κ3) is 2.85. The highest BCUT2D eigenvalue weighted by molar-refractivity contribution is 5.47. The molecule has 0 radical (unpaired) electrons. The summed E-state index contributed by atoms with van der Waals surface area (Å²) in [6, 6.07) is 9.17. The van der Waals surface area contributed by atoms with E-state index in [9.17, 15) is 0 Å². The predicted octanol–water partition coefficient (Wildman–Crippen LogP) is 2.22. The van der Waals surface area contributed by atoms with Crippen molar-refractivity contribution in [3.63, 3.8) is 0 Å². The van der Waals surface area contributed by atoms with Gasteiger partial charge in [0.05, 0.1) is 5.54 Å². The van der Waals surface area contributed by atoms with E-state index in [0.29, 0.717) is 12.6 Å². The van der Waals surface area contributed by atoms with Gasteiger partial charge in [0.15, 0.2) is 0 Å². The molecule has 1 aliphatic rings. The van der Waals surface area contributed by atoms with Crippen molar-refractivity contribution in [2.75, 3.05) is 25.5 Å². The summed E-state index contributed by atoms with van der Waals surface area (Å²) in [4.78, 5) is 2.41. The van der Waals surface area contributed by atoms with Gasteiger partial charge in [0.1, 0.15) is 0 Å². The van der Waals surface area contributed by atoms with Crippen LogP contribution in [0.25, 0.3) is 0 Å². The van der Waals surface area contributed by atoms with Gasteiger partial charge in [-0.25, -0.2) is 0 Å². The van der Waals surface area contributed by atoms with Crippen molar-refractivity contribution in [2.45, 2.75) is 38.3 Å². The first kappa shape index (κ1) is 13.4. The number of anilines is 1. The van der Waals surface area contributed by atoms with Crippen LogP contribution in [0.2, 0.25) is 0 Å². The van der Waals surface area contributed by atoms with Crippen molar-refractivity contribution >= 4 is 5.69 Å². The maximum absolute atomic E-state index is 6.04. The van der Waals surface area contributed by atoms with Crippen LogP contribution in [0.3, 0.4) is 0 Å². The fourth-order valence-electron chi connectivity index (χ4n) is 2.73. The van der Waals surface area contributed by atoms with Crippen LogP contribution in [0, 0.1) is 6.92 Å². The van der Waals surface area contributed by atoms with E-state index >= 15 is 0 Å². The second-order valence-corrected chi connectivity index (χ2v) is 5.76. The van der Waals surface area contributed by atoms with Crippen molar-refractivity contribution in [3.8, 4) is 0 Å². The van der Waals surface area contributed by atoms with Crippen molar-refractivity contribution in [3.05, 3.63) is 29.8 Å². The maximum Gasteiger partial charge on any atom is 0.0522 e. The van der Waals surface area contributed by atoms with Gasteiger partial charge in [0.2, 0.25) is 0 Å². The van der Waals surface area contributed by atoms with Gasteiger partial charge in [-0.1, -0.05) is 17.7 Å². The van der Waals surface area contributed by atoms with Crippen LogP contribution in [0.4, 0.5) is 5.69 Å². The molecule has 0 bridgehead atoms. The number of rotatable bonds is 3. The van der Waals surface area contributed by atoms with Crippen molar-refractivity contribution in [1.82, 2.24) is 4.90 Å². The van der Waals surface area contributed by atoms with Gasteiger partial charge in [-0.15, -0.1) is 0 Å². The lowest BCUT2D eigenvalue weighted by molar-refractivity contribution is 0.147.